The topological polar surface area (TPSA) is 33.6 Å². The Morgan fingerprint density at radius 3 is 2.71 bits per heavy atom. The van der Waals surface area contributed by atoms with Gasteiger partial charge in [0.2, 0.25) is 0 Å². The molecule has 0 aromatic heterocycles. The van der Waals surface area contributed by atoms with Crippen molar-refractivity contribution in [2.45, 2.75) is 13.0 Å². The molecule has 1 atom stereocenters. The number of halogens is 1. The van der Waals surface area contributed by atoms with Crippen LogP contribution in [0.4, 0.5) is 0 Å². The maximum atomic E-state index is 5.78. The molecule has 1 N–H and O–H groups in total. The van der Waals surface area contributed by atoms with Crippen molar-refractivity contribution in [3.8, 4) is 0 Å². The fraction of sp³-hybridized carbons (Fsp3) is 0.300. The zero-order valence-electron chi connectivity index (χ0n) is 7.83. The number of nitrogens with zero attached hydrogens (tertiary/aromatic N) is 1. The first-order chi connectivity index (χ1) is 6.75. The number of benzene rings is 1. The van der Waals surface area contributed by atoms with Crippen LogP contribution in [0.1, 0.15) is 12.5 Å². The molecule has 1 unspecified atom stereocenters. The quantitative estimate of drug-likeness (QED) is 0.770. The third-order valence-electron chi connectivity index (χ3n) is 1.98. The van der Waals surface area contributed by atoms with Gasteiger partial charge in [0.25, 0.3) is 0 Å². The Balaban J connectivity index is 2.19. The Hall–Kier alpha value is -1.06. The molecule has 0 bridgehead atoms. The van der Waals surface area contributed by atoms with Gasteiger partial charge < -0.3 is 0 Å². The predicted octanol–water partition coefficient (Wildman–Crippen LogP) is 2.01. The minimum atomic E-state index is 0.131. The number of hydrogen-bond donors (Lipinski definition) is 1. The minimum absolute atomic E-state index is 0.131. The Morgan fingerprint density at radius 1 is 1.43 bits per heavy atom. The largest absolute Gasteiger partial charge is 0.270 e. The van der Waals surface area contributed by atoms with Gasteiger partial charge in [-0.2, -0.15) is 0 Å². The van der Waals surface area contributed by atoms with Crippen molar-refractivity contribution in [1.29, 1.82) is 0 Å². The lowest BCUT2D eigenvalue weighted by Crippen LogP contribution is -2.35. The SMILES string of the molecule is CC1CN=C(c2ccc(Cl)cc2)NO1. The molecule has 4 heteroatoms. The molecule has 0 radical (unpaired) electrons. The van der Waals surface area contributed by atoms with Crippen LogP contribution in [0, 0.1) is 0 Å². The molecule has 0 fully saturated rings. The molecule has 3 nitrogen and oxygen atoms in total. The van der Waals surface area contributed by atoms with Crippen LogP contribution in [0.15, 0.2) is 29.3 Å². The van der Waals surface area contributed by atoms with E-state index < -0.39 is 0 Å². The third kappa shape index (κ3) is 2.05. The van der Waals surface area contributed by atoms with Crippen LogP contribution in [-0.2, 0) is 4.84 Å². The summed E-state index contributed by atoms with van der Waals surface area (Å²) in [4.78, 5) is 9.61. The van der Waals surface area contributed by atoms with Gasteiger partial charge in [-0.25, -0.2) is 5.48 Å². The number of rotatable bonds is 1. The van der Waals surface area contributed by atoms with Crippen molar-refractivity contribution in [2.75, 3.05) is 6.54 Å². The van der Waals surface area contributed by atoms with Crippen LogP contribution in [-0.4, -0.2) is 18.5 Å². The normalized spacial score (nSPS) is 21.3. The molecule has 0 aliphatic carbocycles. The molecular formula is C10H11ClN2O. The smallest absolute Gasteiger partial charge is 0.152 e. The van der Waals surface area contributed by atoms with E-state index in [-0.39, 0.29) is 6.10 Å². The highest BCUT2D eigenvalue weighted by molar-refractivity contribution is 6.30. The van der Waals surface area contributed by atoms with Gasteiger partial charge in [0, 0.05) is 10.6 Å². The van der Waals surface area contributed by atoms with Gasteiger partial charge in [0.05, 0.1) is 6.54 Å². The van der Waals surface area contributed by atoms with Gasteiger partial charge in [0.1, 0.15) is 6.10 Å². The molecule has 1 heterocycles. The highest BCUT2D eigenvalue weighted by Crippen LogP contribution is 2.11. The number of amidine groups is 1. The van der Waals surface area contributed by atoms with Crippen molar-refractivity contribution in [2.24, 2.45) is 4.99 Å². The van der Waals surface area contributed by atoms with Crippen molar-refractivity contribution in [3.05, 3.63) is 34.9 Å². The second kappa shape index (κ2) is 3.98. The predicted molar refractivity (Wildman–Crippen MR) is 56.5 cm³/mol. The van der Waals surface area contributed by atoms with Crippen LogP contribution in [0.25, 0.3) is 0 Å². The van der Waals surface area contributed by atoms with E-state index in [1.165, 1.54) is 0 Å². The number of hydroxylamine groups is 1. The van der Waals surface area contributed by atoms with Gasteiger partial charge >= 0.3 is 0 Å². The van der Waals surface area contributed by atoms with Crippen LogP contribution in [0.5, 0.6) is 0 Å². The van der Waals surface area contributed by atoms with E-state index in [1.807, 2.05) is 31.2 Å². The molecule has 0 amide bonds. The van der Waals surface area contributed by atoms with Crippen LogP contribution in [0.3, 0.4) is 0 Å². The summed E-state index contributed by atoms with van der Waals surface area (Å²) in [5.41, 5.74) is 3.80. The Kier molecular flexibility index (Phi) is 2.70. The number of nitrogens with one attached hydrogen (secondary N) is 1. The molecule has 1 aliphatic heterocycles. The lowest BCUT2D eigenvalue weighted by molar-refractivity contribution is 0.0184. The summed E-state index contributed by atoms with van der Waals surface area (Å²) in [6.07, 6.45) is 0.131. The van der Waals surface area contributed by atoms with Crippen molar-refractivity contribution >= 4 is 17.4 Å². The summed E-state index contributed by atoms with van der Waals surface area (Å²) in [5, 5.41) is 0.722. The molecular weight excluding hydrogens is 200 g/mol. The van der Waals surface area contributed by atoms with Gasteiger partial charge in [-0.1, -0.05) is 11.6 Å². The van der Waals surface area contributed by atoms with E-state index in [4.69, 9.17) is 16.4 Å². The van der Waals surface area contributed by atoms with Crippen molar-refractivity contribution in [3.63, 3.8) is 0 Å². The third-order valence-corrected chi connectivity index (χ3v) is 2.23. The van der Waals surface area contributed by atoms with E-state index >= 15 is 0 Å². The zero-order valence-corrected chi connectivity index (χ0v) is 8.58. The van der Waals surface area contributed by atoms with E-state index in [1.54, 1.807) is 0 Å². The maximum Gasteiger partial charge on any atom is 0.152 e. The van der Waals surface area contributed by atoms with Gasteiger partial charge in [-0.05, 0) is 31.2 Å². The first-order valence-corrected chi connectivity index (χ1v) is 4.85. The summed E-state index contributed by atoms with van der Waals surface area (Å²) in [7, 11) is 0. The van der Waals surface area contributed by atoms with Gasteiger partial charge in [0.15, 0.2) is 5.84 Å². The summed E-state index contributed by atoms with van der Waals surface area (Å²) >= 11 is 5.78. The molecule has 1 aromatic carbocycles. The molecule has 0 saturated heterocycles. The summed E-state index contributed by atoms with van der Waals surface area (Å²) < 4.78 is 0. The van der Waals surface area contributed by atoms with Crippen molar-refractivity contribution < 1.29 is 4.84 Å². The molecule has 2 rings (SSSR count). The van der Waals surface area contributed by atoms with Crippen LogP contribution >= 0.6 is 11.6 Å². The fourth-order valence-corrected chi connectivity index (χ4v) is 1.33. The zero-order chi connectivity index (χ0) is 9.97. The highest BCUT2D eigenvalue weighted by atomic mass is 35.5. The van der Waals surface area contributed by atoms with E-state index in [9.17, 15) is 0 Å². The van der Waals surface area contributed by atoms with Gasteiger partial charge in [-0.15, -0.1) is 0 Å². The summed E-state index contributed by atoms with van der Waals surface area (Å²) in [5.74, 6) is 0.764. The monoisotopic (exact) mass is 210 g/mol. The first kappa shape index (κ1) is 9.49. The standard InChI is InChI=1S/C10H11ClN2O/c1-7-6-12-10(13-14-7)8-2-4-9(11)5-3-8/h2-5,7H,6H2,1H3,(H,12,13). The number of aliphatic imine (C=N–C) groups is 1. The molecule has 1 aromatic rings. The molecule has 0 saturated carbocycles. The van der Waals surface area contributed by atoms with Crippen molar-refractivity contribution in [1.82, 2.24) is 5.48 Å². The summed E-state index contributed by atoms with van der Waals surface area (Å²) in [6, 6.07) is 7.49. The second-order valence-corrected chi connectivity index (χ2v) is 3.66. The van der Waals surface area contributed by atoms with E-state index in [2.05, 4.69) is 10.5 Å². The lowest BCUT2D eigenvalue weighted by Gasteiger charge is -2.19. The average Bonchev–Trinajstić information content (AvgIpc) is 2.21. The van der Waals surface area contributed by atoms with Crippen LogP contribution in [0.2, 0.25) is 5.02 Å². The highest BCUT2D eigenvalue weighted by Gasteiger charge is 2.12. The minimum Gasteiger partial charge on any atom is -0.270 e. The lowest BCUT2D eigenvalue weighted by atomic mass is 10.2. The summed E-state index contributed by atoms with van der Waals surface area (Å²) in [6.45, 7) is 2.65. The average molecular weight is 211 g/mol. The molecule has 14 heavy (non-hydrogen) atoms. The van der Waals surface area contributed by atoms with E-state index in [0.717, 1.165) is 16.4 Å². The Bertz CT molecular complexity index is 348. The maximum absolute atomic E-state index is 5.78. The fourth-order valence-electron chi connectivity index (χ4n) is 1.20. The Morgan fingerprint density at radius 2 is 2.14 bits per heavy atom. The van der Waals surface area contributed by atoms with E-state index in [0.29, 0.717) is 6.54 Å². The second-order valence-electron chi connectivity index (χ2n) is 3.23. The molecule has 1 aliphatic rings. The first-order valence-electron chi connectivity index (χ1n) is 4.48. The Labute approximate surface area is 87.7 Å². The van der Waals surface area contributed by atoms with Crippen LogP contribution < -0.4 is 5.48 Å². The van der Waals surface area contributed by atoms with Gasteiger partial charge in [-0.3, -0.25) is 9.83 Å². The molecule has 74 valence electrons. The number of hydrogen-bond acceptors (Lipinski definition) is 3. The molecule has 0 spiro atoms.